The van der Waals surface area contributed by atoms with Gasteiger partial charge in [0.15, 0.2) is 0 Å². The molecule has 0 saturated heterocycles. The Bertz CT molecular complexity index is 319. The van der Waals surface area contributed by atoms with Crippen LogP contribution in [0.25, 0.3) is 0 Å². The number of unbranched alkanes of at least 4 members (excludes halogenated alkanes) is 11. The number of rotatable bonds is 13. The molecule has 0 fully saturated rings. The van der Waals surface area contributed by atoms with Crippen molar-refractivity contribution in [3.8, 4) is 0 Å². The van der Waals surface area contributed by atoms with E-state index in [1.807, 2.05) is 0 Å². The highest BCUT2D eigenvalue weighted by atomic mass is 79.9. The molecule has 0 aliphatic heterocycles. The lowest BCUT2D eigenvalue weighted by Gasteiger charge is -2.03. The number of halogens is 1. The summed E-state index contributed by atoms with van der Waals surface area (Å²) in [6, 6.07) is 2.23. The quantitative estimate of drug-likeness (QED) is 0.361. The van der Waals surface area contributed by atoms with E-state index in [1.165, 1.54) is 94.7 Å². The van der Waals surface area contributed by atoms with Crippen molar-refractivity contribution in [2.24, 2.45) is 0 Å². The van der Waals surface area contributed by atoms with E-state index in [-0.39, 0.29) is 17.0 Å². The molecule has 1 aromatic heterocycles. The normalized spacial score (nSPS) is 10.6. The van der Waals surface area contributed by atoms with Gasteiger partial charge in [-0.2, -0.15) is 0 Å². The maximum Gasteiger partial charge on any atom is 0.0148 e. The molecule has 1 N–H and O–H groups in total. The van der Waals surface area contributed by atoms with E-state index in [4.69, 9.17) is 0 Å². The number of hydrogen-bond acceptors (Lipinski definition) is 0. The molecule has 21 heavy (non-hydrogen) atoms. The third-order valence-corrected chi connectivity index (χ3v) is 4.37. The van der Waals surface area contributed by atoms with E-state index in [2.05, 4.69) is 31.1 Å². The van der Waals surface area contributed by atoms with E-state index in [0.29, 0.717) is 0 Å². The standard InChI is InChI=1S/C19H35N.BrH/c1-3-4-5-6-7-8-9-10-11-12-13-14-15-19-16-17-20-18(19)2;/h16-17,20H,3-15H2,1-2H3;1H. The molecule has 0 atom stereocenters. The lowest BCUT2D eigenvalue weighted by atomic mass is 10.0. The molecule has 1 heterocycles. The van der Waals surface area contributed by atoms with Crippen molar-refractivity contribution in [1.29, 1.82) is 0 Å². The molecule has 1 aromatic rings. The molecule has 1 rings (SSSR count). The first-order valence-corrected chi connectivity index (χ1v) is 8.97. The molecule has 1 nitrogen and oxygen atoms in total. The van der Waals surface area contributed by atoms with E-state index >= 15 is 0 Å². The minimum atomic E-state index is 0. The summed E-state index contributed by atoms with van der Waals surface area (Å²) in [5.74, 6) is 0. The fraction of sp³-hybridized carbons (Fsp3) is 0.789. The zero-order valence-electron chi connectivity index (χ0n) is 14.3. The molecule has 0 amide bonds. The highest BCUT2D eigenvalue weighted by Crippen LogP contribution is 2.14. The van der Waals surface area contributed by atoms with Gasteiger partial charge in [0.25, 0.3) is 0 Å². The van der Waals surface area contributed by atoms with Crippen LogP contribution in [0.5, 0.6) is 0 Å². The van der Waals surface area contributed by atoms with Crippen LogP contribution in [0.2, 0.25) is 0 Å². The second kappa shape index (κ2) is 14.7. The number of nitrogens with one attached hydrogen (secondary N) is 1. The van der Waals surface area contributed by atoms with Gasteiger partial charge in [0.05, 0.1) is 0 Å². The van der Waals surface area contributed by atoms with E-state index < -0.39 is 0 Å². The fourth-order valence-electron chi connectivity index (χ4n) is 2.91. The Hall–Kier alpha value is -0.240. The number of aryl methyl sites for hydroxylation is 2. The Labute approximate surface area is 143 Å². The minimum absolute atomic E-state index is 0. The van der Waals surface area contributed by atoms with Gasteiger partial charge < -0.3 is 4.98 Å². The van der Waals surface area contributed by atoms with Crippen molar-refractivity contribution in [2.45, 2.75) is 97.3 Å². The smallest absolute Gasteiger partial charge is 0.0148 e. The van der Waals surface area contributed by atoms with Crippen LogP contribution in [-0.2, 0) is 6.42 Å². The summed E-state index contributed by atoms with van der Waals surface area (Å²) in [5.41, 5.74) is 2.87. The average Bonchev–Trinajstić information content (AvgIpc) is 2.85. The summed E-state index contributed by atoms with van der Waals surface area (Å²) in [5, 5.41) is 0. The largest absolute Gasteiger partial charge is 0.365 e. The summed E-state index contributed by atoms with van der Waals surface area (Å²) < 4.78 is 0. The van der Waals surface area contributed by atoms with Crippen LogP contribution in [-0.4, -0.2) is 4.98 Å². The summed E-state index contributed by atoms with van der Waals surface area (Å²) >= 11 is 0. The van der Waals surface area contributed by atoms with Crippen molar-refractivity contribution in [2.75, 3.05) is 0 Å². The number of aromatic amines is 1. The van der Waals surface area contributed by atoms with Crippen molar-refractivity contribution in [3.63, 3.8) is 0 Å². The van der Waals surface area contributed by atoms with Crippen LogP contribution < -0.4 is 0 Å². The van der Waals surface area contributed by atoms with Crippen molar-refractivity contribution >= 4 is 17.0 Å². The molecule has 0 aromatic carbocycles. The Balaban J connectivity index is 0.00000400. The molecule has 0 aliphatic rings. The van der Waals surface area contributed by atoms with Crippen LogP contribution in [0, 0.1) is 6.92 Å². The predicted octanol–water partition coefficient (Wildman–Crippen LogP) is 7.14. The van der Waals surface area contributed by atoms with E-state index in [1.54, 1.807) is 0 Å². The molecule has 0 saturated carbocycles. The third kappa shape index (κ3) is 11.0. The van der Waals surface area contributed by atoms with Crippen LogP contribution in [0.4, 0.5) is 0 Å². The average molecular weight is 358 g/mol. The van der Waals surface area contributed by atoms with Gasteiger partial charge in [-0.3, -0.25) is 0 Å². The predicted molar refractivity (Wildman–Crippen MR) is 101 cm³/mol. The van der Waals surface area contributed by atoms with Crippen LogP contribution >= 0.6 is 17.0 Å². The second-order valence-corrected chi connectivity index (χ2v) is 6.27. The van der Waals surface area contributed by atoms with Gasteiger partial charge in [-0.15, -0.1) is 17.0 Å². The lowest BCUT2D eigenvalue weighted by Crippen LogP contribution is -1.87. The van der Waals surface area contributed by atoms with Gasteiger partial charge in [-0.1, -0.05) is 77.6 Å². The van der Waals surface area contributed by atoms with Gasteiger partial charge in [0.1, 0.15) is 0 Å². The van der Waals surface area contributed by atoms with Gasteiger partial charge in [-0.25, -0.2) is 0 Å². The molecular formula is C19H36BrN. The second-order valence-electron chi connectivity index (χ2n) is 6.27. The first-order valence-electron chi connectivity index (χ1n) is 8.97. The third-order valence-electron chi connectivity index (χ3n) is 4.37. The van der Waals surface area contributed by atoms with Crippen LogP contribution in [0.3, 0.4) is 0 Å². The van der Waals surface area contributed by atoms with Crippen molar-refractivity contribution in [3.05, 3.63) is 23.5 Å². The topological polar surface area (TPSA) is 15.8 Å². The summed E-state index contributed by atoms with van der Waals surface area (Å²) in [6.07, 6.45) is 20.5. The maximum absolute atomic E-state index is 3.26. The molecule has 0 aliphatic carbocycles. The Morgan fingerprint density at radius 1 is 0.762 bits per heavy atom. The van der Waals surface area contributed by atoms with Gasteiger partial charge in [0.2, 0.25) is 0 Å². The van der Waals surface area contributed by atoms with Gasteiger partial charge in [0, 0.05) is 11.9 Å². The lowest BCUT2D eigenvalue weighted by molar-refractivity contribution is 0.544. The van der Waals surface area contributed by atoms with Crippen molar-refractivity contribution < 1.29 is 0 Å². The van der Waals surface area contributed by atoms with Crippen LogP contribution in [0.1, 0.15) is 95.2 Å². The van der Waals surface area contributed by atoms with E-state index in [9.17, 15) is 0 Å². The Kier molecular flexibility index (Phi) is 14.5. The minimum Gasteiger partial charge on any atom is -0.365 e. The first-order chi connectivity index (χ1) is 9.84. The monoisotopic (exact) mass is 357 g/mol. The highest BCUT2D eigenvalue weighted by Gasteiger charge is 1.98. The van der Waals surface area contributed by atoms with Crippen molar-refractivity contribution in [1.82, 2.24) is 4.98 Å². The van der Waals surface area contributed by atoms with Gasteiger partial charge >= 0.3 is 0 Å². The fourth-order valence-corrected chi connectivity index (χ4v) is 2.91. The SMILES string of the molecule is Br.CCCCCCCCCCCCCCc1cc[nH]c1C. The molecule has 0 bridgehead atoms. The molecule has 2 heteroatoms. The molecular weight excluding hydrogens is 322 g/mol. The summed E-state index contributed by atoms with van der Waals surface area (Å²) in [4.78, 5) is 3.26. The summed E-state index contributed by atoms with van der Waals surface area (Å²) in [6.45, 7) is 4.47. The molecule has 0 unspecified atom stereocenters. The zero-order valence-corrected chi connectivity index (χ0v) is 16.0. The number of hydrogen-bond donors (Lipinski definition) is 1. The highest BCUT2D eigenvalue weighted by molar-refractivity contribution is 8.93. The Morgan fingerprint density at radius 3 is 1.67 bits per heavy atom. The first kappa shape index (κ1) is 20.8. The van der Waals surface area contributed by atoms with E-state index in [0.717, 1.165) is 0 Å². The molecule has 0 radical (unpaired) electrons. The van der Waals surface area contributed by atoms with Gasteiger partial charge in [-0.05, 0) is 31.4 Å². The zero-order chi connectivity index (χ0) is 14.5. The number of aromatic nitrogens is 1. The Morgan fingerprint density at radius 2 is 1.24 bits per heavy atom. The maximum atomic E-state index is 3.26. The van der Waals surface area contributed by atoms with Crippen LogP contribution in [0.15, 0.2) is 12.3 Å². The molecule has 124 valence electrons. The number of H-pyrrole nitrogens is 1. The molecule has 0 spiro atoms. The summed E-state index contributed by atoms with van der Waals surface area (Å²) in [7, 11) is 0.